The first kappa shape index (κ1) is 13.4. The zero-order valence-electron chi connectivity index (χ0n) is 10.1. The summed E-state index contributed by atoms with van der Waals surface area (Å²) >= 11 is 18.3. The molecular weight excluding hydrogens is 317 g/mol. The standard InChI is InChI=1S/C14H8Cl3N3/c15-10-6-7-12(11(16)8-10)20-13(18-19-14(20)17)9-4-2-1-3-5-9/h1-8H. The van der Waals surface area contributed by atoms with Gasteiger partial charge in [-0.2, -0.15) is 0 Å². The van der Waals surface area contributed by atoms with E-state index in [0.29, 0.717) is 21.6 Å². The Labute approximate surface area is 130 Å². The summed E-state index contributed by atoms with van der Waals surface area (Å²) in [6.45, 7) is 0. The minimum absolute atomic E-state index is 0.244. The number of nitrogens with zero attached hydrogens (tertiary/aromatic N) is 3. The van der Waals surface area contributed by atoms with Crippen molar-refractivity contribution in [1.82, 2.24) is 14.8 Å². The van der Waals surface area contributed by atoms with Gasteiger partial charge in [0.05, 0.1) is 10.7 Å². The topological polar surface area (TPSA) is 30.7 Å². The molecule has 0 aliphatic heterocycles. The van der Waals surface area contributed by atoms with E-state index in [9.17, 15) is 0 Å². The van der Waals surface area contributed by atoms with E-state index >= 15 is 0 Å². The molecule has 1 aromatic heterocycles. The molecule has 0 N–H and O–H groups in total. The van der Waals surface area contributed by atoms with Gasteiger partial charge in [-0.25, -0.2) is 0 Å². The normalized spacial score (nSPS) is 10.8. The summed E-state index contributed by atoms with van der Waals surface area (Å²) in [7, 11) is 0. The van der Waals surface area contributed by atoms with Crippen molar-refractivity contribution in [3.05, 3.63) is 63.9 Å². The van der Waals surface area contributed by atoms with E-state index in [-0.39, 0.29) is 5.28 Å². The predicted molar refractivity (Wildman–Crippen MR) is 81.8 cm³/mol. The summed E-state index contributed by atoms with van der Waals surface area (Å²) in [6, 6.07) is 14.8. The molecule has 0 saturated carbocycles. The van der Waals surface area contributed by atoms with E-state index in [1.165, 1.54) is 0 Å². The van der Waals surface area contributed by atoms with Gasteiger partial charge in [-0.3, -0.25) is 4.57 Å². The predicted octanol–water partition coefficient (Wildman–Crippen LogP) is 4.89. The second-order valence-electron chi connectivity index (χ2n) is 4.09. The van der Waals surface area contributed by atoms with Crippen LogP contribution in [0.4, 0.5) is 0 Å². The Kier molecular flexibility index (Phi) is 3.66. The lowest BCUT2D eigenvalue weighted by Crippen LogP contribution is -1.98. The van der Waals surface area contributed by atoms with Crippen LogP contribution in [0.15, 0.2) is 48.5 Å². The van der Waals surface area contributed by atoms with E-state index in [2.05, 4.69) is 10.2 Å². The molecule has 0 unspecified atom stereocenters. The number of halogens is 3. The number of rotatable bonds is 2. The van der Waals surface area contributed by atoms with Crippen molar-refractivity contribution in [2.24, 2.45) is 0 Å². The van der Waals surface area contributed by atoms with Crippen molar-refractivity contribution in [3.8, 4) is 17.1 Å². The fourth-order valence-corrected chi connectivity index (χ4v) is 2.62. The molecule has 0 fully saturated rings. The minimum atomic E-state index is 0.244. The van der Waals surface area contributed by atoms with Gasteiger partial charge in [0.2, 0.25) is 5.28 Å². The van der Waals surface area contributed by atoms with E-state index in [4.69, 9.17) is 34.8 Å². The molecule has 0 bridgehead atoms. The zero-order valence-corrected chi connectivity index (χ0v) is 12.4. The Morgan fingerprint density at radius 3 is 2.30 bits per heavy atom. The maximum Gasteiger partial charge on any atom is 0.229 e. The number of hydrogen-bond donors (Lipinski definition) is 0. The smallest absolute Gasteiger partial charge is 0.229 e. The zero-order chi connectivity index (χ0) is 14.1. The average Bonchev–Trinajstić information content (AvgIpc) is 2.82. The van der Waals surface area contributed by atoms with Crippen LogP contribution < -0.4 is 0 Å². The van der Waals surface area contributed by atoms with Gasteiger partial charge in [-0.15, -0.1) is 10.2 Å². The van der Waals surface area contributed by atoms with Crippen molar-refractivity contribution < 1.29 is 0 Å². The molecule has 0 amide bonds. The third-order valence-corrected chi connectivity index (χ3v) is 3.59. The summed E-state index contributed by atoms with van der Waals surface area (Å²) in [5, 5.41) is 9.32. The van der Waals surface area contributed by atoms with Gasteiger partial charge in [-0.05, 0) is 29.8 Å². The monoisotopic (exact) mass is 323 g/mol. The number of benzene rings is 2. The summed E-state index contributed by atoms with van der Waals surface area (Å²) < 4.78 is 1.69. The van der Waals surface area contributed by atoms with Crippen molar-refractivity contribution >= 4 is 34.8 Å². The van der Waals surface area contributed by atoms with E-state index in [1.807, 2.05) is 30.3 Å². The quantitative estimate of drug-likeness (QED) is 0.671. The van der Waals surface area contributed by atoms with E-state index < -0.39 is 0 Å². The van der Waals surface area contributed by atoms with Crippen LogP contribution in [0, 0.1) is 0 Å². The molecule has 6 heteroatoms. The molecule has 3 rings (SSSR count). The third kappa shape index (κ3) is 2.40. The number of hydrogen-bond acceptors (Lipinski definition) is 2. The third-order valence-electron chi connectivity index (χ3n) is 2.81. The Morgan fingerprint density at radius 2 is 1.60 bits per heavy atom. The lowest BCUT2D eigenvalue weighted by Gasteiger charge is -2.10. The molecule has 20 heavy (non-hydrogen) atoms. The van der Waals surface area contributed by atoms with Gasteiger partial charge in [0.15, 0.2) is 5.82 Å². The summed E-state index contributed by atoms with van der Waals surface area (Å²) in [5.74, 6) is 0.625. The fraction of sp³-hybridized carbons (Fsp3) is 0. The summed E-state index contributed by atoms with van der Waals surface area (Å²) in [5.41, 5.74) is 1.59. The molecule has 0 spiro atoms. The maximum absolute atomic E-state index is 6.23. The highest BCUT2D eigenvalue weighted by atomic mass is 35.5. The van der Waals surface area contributed by atoms with Gasteiger partial charge >= 0.3 is 0 Å². The molecule has 0 atom stereocenters. The highest BCUT2D eigenvalue weighted by molar-refractivity contribution is 6.36. The summed E-state index contributed by atoms with van der Waals surface area (Å²) in [6.07, 6.45) is 0. The molecule has 100 valence electrons. The number of aromatic nitrogens is 3. The molecule has 0 radical (unpaired) electrons. The molecule has 2 aromatic carbocycles. The molecule has 0 aliphatic rings. The molecule has 0 aliphatic carbocycles. The van der Waals surface area contributed by atoms with Crippen LogP contribution in [0.5, 0.6) is 0 Å². The Morgan fingerprint density at radius 1 is 0.850 bits per heavy atom. The van der Waals surface area contributed by atoms with Gasteiger partial charge in [0, 0.05) is 10.6 Å². The SMILES string of the molecule is Clc1ccc(-n2c(Cl)nnc2-c2ccccc2)c(Cl)c1. The van der Waals surface area contributed by atoms with Crippen molar-refractivity contribution in [2.75, 3.05) is 0 Å². The minimum Gasteiger partial charge on any atom is -0.264 e. The average molecular weight is 325 g/mol. The lowest BCUT2D eigenvalue weighted by molar-refractivity contribution is 1.06. The van der Waals surface area contributed by atoms with Gasteiger partial charge in [-0.1, -0.05) is 53.5 Å². The van der Waals surface area contributed by atoms with Crippen LogP contribution in [-0.2, 0) is 0 Å². The Balaban J connectivity index is 2.22. The van der Waals surface area contributed by atoms with Gasteiger partial charge in [0.25, 0.3) is 0 Å². The first-order chi connectivity index (χ1) is 9.66. The molecule has 3 aromatic rings. The van der Waals surface area contributed by atoms with Gasteiger partial charge < -0.3 is 0 Å². The fourth-order valence-electron chi connectivity index (χ4n) is 1.92. The lowest BCUT2D eigenvalue weighted by atomic mass is 10.2. The van der Waals surface area contributed by atoms with Crippen molar-refractivity contribution in [1.29, 1.82) is 0 Å². The van der Waals surface area contributed by atoms with Crippen LogP contribution in [0.2, 0.25) is 15.3 Å². The molecular formula is C14H8Cl3N3. The maximum atomic E-state index is 6.23. The van der Waals surface area contributed by atoms with Gasteiger partial charge in [0.1, 0.15) is 0 Å². The Hall–Kier alpha value is -1.55. The van der Waals surface area contributed by atoms with E-state index in [0.717, 1.165) is 5.56 Å². The highest BCUT2D eigenvalue weighted by Gasteiger charge is 2.16. The van der Waals surface area contributed by atoms with Crippen LogP contribution in [0.3, 0.4) is 0 Å². The molecule has 3 nitrogen and oxygen atoms in total. The largest absolute Gasteiger partial charge is 0.264 e. The van der Waals surface area contributed by atoms with Crippen LogP contribution >= 0.6 is 34.8 Å². The van der Waals surface area contributed by atoms with Crippen molar-refractivity contribution in [2.45, 2.75) is 0 Å². The molecule has 1 heterocycles. The second kappa shape index (κ2) is 5.44. The van der Waals surface area contributed by atoms with E-state index in [1.54, 1.807) is 22.8 Å². The second-order valence-corrected chi connectivity index (χ2v) is 5.27. The Bertz CT molecular complexity index is 754. The first-order valence-corrected chi connectivity index (χ1v) is 6.92. The van der Waals surface area contributed by atoms with Crippen molar-refractivity contribution in [3.63, 3.8) is 0 Å². The van der Waals surface area contributed by atoms with Crippen LogP contribution in [-0.4, -0.2) is 14.8 Å². The first-order valence-electron chi connectivity index (χ1n) is 5.78. The molecule has 0 saturated heterocycles. The van der Waals surface area contributed by atoms with Crippen LogP contribution in [0.1, 0.15) is 0 Å². The van der Waals surface area contributed by atoms with Crippen LogP contribution in [0.25, 0.3) is 17.1 Å². The highest BCUT2D eigenvalue weighted by Crippen LogP contribution is 2.30. The summed E-state index contributed by atoms with van der Waals surface area (Å²) in [4.78, 5) is 0.